The van der Waals surface area contributed by atoms with Crippen molar-refractivity contribution in [1.29, 1.82) is 0 Å². The topological polar surface area (TPSA) is 29.3 Å². The van der Waals surface area contributed by atoms with Crippen molar-refractivity contribution in [3.63, 3.8) is 0 Å². The van der Waals surface area contributed by atoms with Gasteiger partial charge in [0.2, 0.25) is 0 Å². The SMILES string of the molecule is CN(CCN)I(C)C. The fourth-order valence-electron chi connectivity index (χ4n) is 0.347. The van der Waals surface area contributed by atoms with Gasteiger partial charge in [0.05, 0.1) is 0 Å². The molecule has 0 aromatic heterocycles. The minimum absolute atomic E-state index is 0.677. The Morgan fingerprint density at radius 3 is 2.12 bits per heavy atom. The van der Waals surface area contributed by atoms with Crippen LogP contribution >= 0.6 is 20.1 Å². The zero-order chi connectivity index (χ0) is 6.57. The summed E-state index contributed by atoms with van der Waals surface area (Å²) in [6.07, 6.45) is 0. The molecule has 0 bridgehead atoms. The van der Waals surface area contributed by atoms with Gasteiger partial charge in [0.1, 0.15) is 0 Å². The first-order chi connectivity index (χ1) is 3.68. The summed E-state index contributed by atoms with van der Waals surface area (Å²) in [6, 6.07) is 0. The van der Waals surface area contributed by atoms with E-state index in [4.69, 9.17) is 5.73 Å². The Morgan fingerprint density at radius 1 is 1.50 bits per heavy atom. The number of hydrogen-bond acceptors (Lipinski definition) is 2. The Balaban J connectivity index is 3.17. The Bertz CT molecular complexity index is 56.4. The van der Waals surface area contributed by atoms with Crippen molar-refractivity contribution >= 4 is 20.1 Å². The van der Waals surface area contributed by atoms with E-state index in [0.29, 0.717) is 0 Å². The normalized spacial score (nSPS) is 12.4. The quantitative estimate of drug-likeness (QED) is 0.436. The number of alkyl halides is 2. The Hall–Kier alpha value is 0.650. The maximum absolute atomic E-state index is 5.35. The first kappa shape index (κ1) is 8.65. The molecule has 0 aliphatic rings. The van der Waals surface area contributed by atoms with Crippen molar-refractivity contribution in [3.05, 3.63) is 0 Å². The van der Waals surface area contributed by atoms with Crippen molar-refractivity contribution in [2.45, 2.75) is 0 Å². The number of likely N-dealkylation sites (N-methyl/N-ethyl adjacent to an activating group) is 1. The molecule has 0 rings (SSSR count). The fourth-order valence-corrected chi connectivity index (χ4v) is 1.59. The summed E-state index contributed by atoms with van der Waals surface area (Å²) in [4.78, 5) is 4.64. The second kappa shape index (κ2) is 4.52. The monoisotopic (exact) mass is 230 g/mol. The molecule has 2 nitrogen and oxygen atoms in total. The molecule has 0 aliphatic carbocycles. The van der Waals surface area contributed by atoms with E-state index in [9.17, 15) is 0 Å². The summed E-state index contributed by atoms with van der Waals surface area (Å²) in [5, 5.41) is 0. The molecule has 0 aromatic rings. The molecule has 0 radical (unpaired) electrons. The van der Waals surface area contributed by atoms with E-state index in [-0.39, 0.29) is 0 Å². The third kappa shape index (κ3) is 3.63. The molecule has 0 fully saturated rings. The Morgan fingerprint density at radius 2 is 2.00 bits per heavy atom. The van der Waals surface area contributed by atoms with Gasteiger partial charge in [0, 0.05) is 0 Å². The predicted molar refractivity (Wildman–Crippen MR) is 47.6 cm³/mol. The van der Waals surface area contributed by atoms with E-state index < -0.39 is 20.1 Å². The van der Waals surface area contributed by atoms with Gasteiger partial charge < -0.3 is 0 Å². The van der Waals surface area contributed by atoms with Crippen molar-refractivity contribution in [1.82, 2.24) is 3.11 Å². The van der Waals surface area contributed by atoms with Gasteiger partial charge in [-0.3, -0.25) is 0 Å². The molecule has 0 spiro atoms. The molecule has 0 unspecified atom stereocenters. The zero-order valence-electron chi connectivity index (χ0n) is 5.82. The maximum atomic E-state index is 5.35. The van der Waals surface area contributed by atoms with Crippen LogP contribution in [0.3, 0.4) is 0 Å². The van der Waals surface area contributed by atoms with Gasteiger partial charge in [-0.25, -0.2) is 0 Å². The average Bonchev–Trinajstić information content (AvgIpc) is 1.67. The van der Waals surface area contributed by atoms with Gasteiger partial charge in [-0.1, -0.05) is 0 Å². The van der Waals surface area contributed by atoms with Gasteiger partial charge in [-0.15, -0.1) is 0 Å². The molecule has 2 N–H and O–H groups in total. The van der Waals surface area contributed by atoms with Crippen LogP contribution in [0.2, 0.25) is 0 Å². The molecule has 0 saturated heterocycles. The van der Waals surface area contributed by atoms with Crippen LogP contribution in [0.5, 0.6) is 0 Å². The van der Waals surface area contributed by atoms with Crippen molar-refractivity contribution < 1.29 is 0 Å². The van der Waals surface area contributed by atoms with Gasteiger partial charge in [0.15, 0.2) is 0 Å². The Labute approximate surface area is 59.2 Å². The van der Waals surface area contributed by atoms with Crippen LogP contribution in [0.1, 0.15) is 0 Å². The molecule has 8 heavy (non-hydrogen) atoms. The molecule has 0 aromatic carbocycles. The van der Waals surface area contributed by atoms with Crippen LogP contribution in [-0.4, -0.2) is 33.1 Å². The van der Waals surface area contributed by atoms with Gasteiger partial charge >= 0.3 is 58.9 Å². The standard InChI is InChI=1S/C5H15IN2/c1-6(2)8(3)5-4-7/h4-5,7H2,1-3H3. The van der Waals surface area contributed by atoms with E-state index in [1.807, 2.05) is 0 Å². The van der Waals surface area contributed by atoms with Crippen LogP contribution in [0.4, 0.5) is 0 Å². The van der Waals surface area contributed by atoms with E-state index in [1.54, 1.807) is 0 Å². The summed E-state index contributed by atoms with van der Waals surface area (Å²) in [6.45, 7) is 1.87. The van der Waals surface area contributed by atoms with Crippen LogP contribution in [0.25, 0.3) is 0 Å². The Kier molecular flexibility index (Phi) is 4.89. The van der Waals surface area contributed by atoms with E-state index in [2.05, 4.69) is 20.0 Å². The summed E-state index contributed by atoms with van der Waals surface area (Å²) in [7, 11) is 2.15. The fraction of sp³-hybridized carbons (Fsp3) is 1.00. The van der Waals surface area contributed by atoms with Crippen molar-refractivity contribution in [3.8, 4) is 0 Å². The molecule has 0 amide bonds. The van der Waals surface area contributed by atoms with Gasteiger partial charge in [0.25, 0.3) is 0 Å². The molecule has 0 saturated carbocycles. The number of nitrogens with zero attached hydrogens (tertiary/aromatic N) is 1. The molecule has 0 atom stereocenters. The van der Waals surface area contributed by atoms with Crippen LogP contribution < -0.4 is 5.73 Å². The first-order valence-electron chi connectivity index (χ1n) is 2.60. The third-order valence-electron chi connectivity index (χ3n) is 1.01. The van der Waals surface area contributed by atoms with Crippen LogP contribution in [0, 0.1) is 0 Å². The molecule has 0 heterocycles. The van der Waals surface area contributed by atoms with Gasteiger partial charge in [-0.05, 0) is 0 Å². The average molecular weight is 230 g/mol. The molecule has 0 aliphatic heterocycles. The summed E-state index contributed by atoms with van der Waals surface area (Å²) >= 11 is -0.677. The molecular weight excluding hydrogens is 215 g/mol. The number of rotatable bonds is 3. The van der Waals surface area contributed by atoms with Gasteiger partial charge in [-0.2, -0.15) is 0 Å². The van der Waals surface area contributed by atoms with E-state index >= 15 is 0 Å². The predicted octanol–water partition coefficient (Wildman–Crippen LogP) is 0.558. The third-order valence-corrected chi connectivity index (χ3v) is 4.79. The molecule has 52 valence electrons. The molecule has 3 heteroatoms. The minimum atomic E-state index is -0.677. The second-order valence-electron chi connectivity index (χ2n) is 1.83. The number of halogens is 1. The number of hydrogen-bond donors (Lipinski definition) is 1. The second-order valence-corrected chi connectivity index (χ2v) is 7.57. The number of nitrogens with two attached hydrogens (primary N) is 1. The van der Waals surface area contributed by atoms with E-state index in [0.717, 1.165) is 13.1 Å². The first-order valence-corrected chi connectivity index (χ1v) is 7.88. The summed E-state index contributed by atoms with van der Waals surface area (Å²) < 4.78 is 2.38. The zero-order valence-corrected chi connectivity index (χ0v) is 7.97. The van der Waals surface area contributed by atoms with Crippen LogP contribution in [-0.2, 0) is 0 Å². The summed E-state index contributed by atoms with van der Waals surface area (Å²) in [5.41, 5.74) is 5.35. The van der Waals surface area contributed by atoms with Crippen molar-refractivity contribution in [2.24, 2.45) is 5.73 Å². The van der Waals surface area contributed by atoms with Crippen molar-refractivity contribution in [2.75, 3.05) is 30.0 Å². The van der Waals surface area contributed by atoms with E-state index in [1.165, 1.54) is 0 Å². The molecular formula is C5H15IN2. The summed E-state index contributed by atoms with van der Waals surface area (Å²) in [5.74, 6) is 0. The van der Waals surface area contributed by atoms with Crippen LogP contribution in [0.15, 0.2) is 0 Å².